The molecule has 12 nitrogen and oxygen atoms in total. The summed E-state index contributed by atoms with van der Waals surface area (Å²) in [6, 6.07) is 57.4. The maximum atomic E-state index is 11.8. The molecule has 5 heterocycles. The molecule has 1 aliphatic carbocycles. The van der Waals surface area contributed by atoms with Crippen molar-refractivity contribution in [3.05, 3.63) is 245 Å². The van der Waals surface area contributed by atoms with E-state index in [-0.39, 0.29) is 59.0 Å². The number of ether oxygens (including phenoxy) is 7. The SMILES string of the molecule is CCC1CC(CC(O)CCCC2CC(CCCC3CC(C)OC(c4cccc(O)c4)O3)OC(c3cccc(O)c3)O2)OC(c2cccc(OC3=C(/C=C/C4=[N+](C)c5ccc6ccccc6c5C4(C)C)c4ccccc4/C3=C\C=C3\N(C)c4ccc5ccccc5c4C3(C)C)c2)O1. The molecule has 8 aromatic rings. The maximum absolute atomic E-state index is 11.8. The molecule has 0 saturated carbocycles. The minimum absolute atomic E-state index is 0.000647. The third kappa shape index (κ3) is 13.1. The number of benzene rings is 8. The molecule has 5 aliphatic heterocycles. The van der Waals surface area contributed by atoms with Gasteiger partial charge in [0, 0.05) is 82.2 Å². The van der Waals surface area contributed by atoms with Crippen LogP contribution in [0.2, 0.25) is 0 Å². The predicted molar refractivity (Wildman–Crippen MR) is 381 cm³/mol. The molecule has 8 aromatic carbocycles. The number of hydrogen-bond donors (Lipinski definition) is 3. The van der Waals surface area contributed by atoms with Crippen LogP contribution in [0.3, 0.4) is 0 Å². The van der Waals surface area contributed by atoms with Crippen LogP contribution >= 0.6 is 0 Å². The van der Waals surface area contributed by atoms with Gasteiger partial charge in [-0.3, -0.25) is 0 Å². The average molecular weight is 1290 g/mol. The van der Waals surface area contributed by atoms with Gasteiger partial charge in [0.15, 0.2) is 24.6 Å². The van der Waals surface area contributed by atoms with Crippen LogP contribution in [0.25, 0.3) is 32.7 Å². The van der Waals surface area contributed by atoms with Crippen LogP contribution < -0.4 is 9.64 Å². The number of nitrogens with zero attached hydrogens (tertiary/aromatic N) is 2. The Morgan fingerprint density at radius 2 is 1.14 bits per heavy atom. The van der Waals surface area contributed by atoms with E-state index in [9.17, 15) is 15.3 Å². The Kier molecular flexibility index (Phi) is 18.6. The first kappa shape index (κ1) is 65.1. The van der Waals surface area contributed by atoms with Crippen molar-refractivity contribution in [3.8, 4) is 17.2 Å². The van der Waals surface area contributed by atoms with E-state index < -0.39 is 25.0 Å². The lowest BCUT2D eigenvalue weighted by atomic mass is 9.79. The monoisotopic (exact) mass is 1290 g/mol. The summed E-state index contributed by atoms with van der Waals surface area (Å²) >= 11 is 0. The molecular weight excluding hydrogens is 1200 g/mol. The highest BCUT2D eigenvalue weighted by atomic mass is 16.7. The van der Waals surface area contributed by atoms with Crippen molar-refractivity contribution in [2.24, 2.45) is 0 Å². The fourth-order valence-electron chi connectivity index (χ4n) is 16.2. The first-order valence-electron chi connectivity index (χ1n) is 34.8. The number of anilines is 1. The predicted octanol–water partition coefficient (Wildman–Crippen LogP) is 18.6. The van der Waals surface area contributed by atoms with E-state index in [4.69, 9.17) is 33.2 Å². The van der Waals surface area contributed by atoms with Gasteiger partial charge in [0.1, 0.15) is 30.1 Å². The molecule has 496 valence electrons. The average Bonchev–Trinajstić information content (AvgIpc) is 1.57. The second-order valence-corrected chi connectivity index (χ2v) is 28.3. The van der Waals surface area contributed by atoms with Gasteiger partial charge < -0.3 is 53.4 Å². The van der Waals surface area contributed by atoms with E-state index in [1.165, 1.54) is 55.5 Å². The first-order chi connectivity index (χ1) is 46.5. The maximum Gasteiger partial charge on any atom is 0.210 e. The zero-order valence-electron chi connectivity index (χ0n) is 56.6. The Morgan fingerprint density at radius 3 is 1.81 bits per heavy atom. The third-order valence-electron chi connectivity index (χ3n) is 20.9. The van der Waals surface area contributed by atoms with E-state index in [0.717, 1.165) is 96.1 Å². The van der Waals surface area contributed by atoms with Gasteiger partial charge in [-0.15, -0.1) is 0 Å². The van der Waals surface area contributed by atoms with Gasteiger partial charge in [-0.1, -0.05) is 136 Å². The quantitative estimate of drug-likeness (QED) is 0.0669. The summed E-state index contributed by atoms with van der Waals surface area (Å²) in [6.45, 7) is 13.6. The lowest BCUT2D eigenvalue weighted by Gasteiger charge is -2.37. The highest BCUT2D eigenvalue weighted by Gasteiger charge is 2.45. The molecule has 3 N–H and O–H groups in total. The highest BCUT2D eigenvalue weighted by molar-refractivity contribution is 6.10. The van der Waals surface area contributed by atoms with Gasteiger partial charge in [0.25, 0.3) is 0 Å². The molecule has 10 atom stereocenters. The summed E-state index contributed by atoms with van der Waals surface area (Å²) in [5.74, 6) is 1.77. The van der Waals surface area contributed by atoms with Gasteiger partial charge in [0.2, 0.25) is 5.69 Å². The number of aromatic hydroxyl groups is 2. The van der Waals surface area contributed by atoms with Gasteiger partial charge in [0.05, 0.1) is 48.1 Å². The minimum atomic E-state index is -0.673. The molecule has 96 heavy (non-hydrogen) atoms. The Bertz CT molecular complexity index is 4370. The van der Waals surface area contributed by atoms with Gasteiger partial charge >= 0.3 is 0 Å². The molecule has 0 radical (unpaired) electrons. The molecule has 0 bridgehead atoms. The number of fused-ring (bicyclic) bond motifs is 7. The van der Waals surface area contributed by atoms with Crippen LogP contribution in [0.4, 0.5) is 11.4 Å². The van der Waals surface area contributed by atoms with Crippen molar-refractivity contribution < 1.29 is 53.1 Å². The topological polar surface area (TPSA) is 132 Å². The minimum Gasteiger partial charge on any atom is -0.508 e. The van der Waals surface area contributed by atoms with Crippen molar-refractivity contribution >= 4 is 49.8 Å². The number of allylic oxidation sites excluding steroid dienone is 7. The third-order valence-corrected chi connectivity index (χ3v) is 20.9. The fraction of sp³-hybridized carbons (Fsp3) is 0.369. The van der Waals surface area contributed by atoms with E-state index in [1.807, 2.05) is 36.4 Å². The van der Waals surface area contributed by atoms with Crippen LogP contribution in [0.15, 0.2) is 206 Å². The van der Waals surface area contributed by atoms with E-state index in [2.05, 4.69) is 199 Å². The first-order valence-corrected chi connectivity index (χ1v) is 34.8. The van der Waals surface area contributed by atoms with Crippen LogP contribution in [0.5, 0.6) is 17.2 Å². The summed E-state index contributed by atoms with van der Waals surface area (Å²) in [5.41, 5.74) is 13.5. The number of likely N-dealkylation sites (N-methyl/N-ethyl adjacent to an activating group) is 1. The standard InChI is InChI=1S/C84H90N2O10/c1-9-61-50-66(49-60(89)28-19-30-64-51-65(95-81(94-64)56-24-17-27-59(88)47-56)32-20-31-62-45-52(2)90-80(93-62)55-23-16-26-58(87)46-55)96-82(92-61)57-25-18-29-63(48-57)91-79-71(39-43-75-83(3,4)77-67-33-12-10-21-53(67)37-41-73(77)85(75)7)69-35-14-15-36-70(69)72(79)40-44-76-84(5,6)78-68-34-13-11-22-54(68)38-42-74(78)86(76)8/h10-18,21-27,29,33-44,46-48,52,60-62,64-66,80-82,89H,9,19-20,28,30-32,45,49-51H2,1-8H3,(H-,87,88)/p+1. The number of hydrogen-bond acceptors (Lipinski definition) is 11. The number of aliphatic hydroxyl groups excluding tert-OH is 1. The van der Waals surface area contributed by atoms with Crippen LogP contribution in [0, 0.1) is 0 Å². The molecule has 14 rings (SSSR count). The molecule has 3 fully saturated rings. The van der Waals surface area contributed by atoms with Crippen molar-refractivity contribution in [1.29, 1.82) is 0 Å². The Labute approximate surface area is 565 Å². The van der Waals surface area contributed by atoms with Crippen LogP contribution in [-0.2, 0) is 39.3 Å². The van der Waals surface area contributed by atoms with Crippen molar-refractivity contribution in [2.75, 3.05) is 19.0 Å². The lowest BCUT2D eigenvalue weighted by Crippen LogP contribution is -2.36. The molecule has 0 spiro atoms. The second kappa shape index (κ2) is 27.4. The molecule has 6 aliphatic rings. The lowest BCUT2D eigenvalue weighted by molar-refractivity contribution is -0.401. The highest BCUT2D eigenvalue weighted by Crippen LogP contribution is 2.52. The summed E-state index contributed by atoms with van der Waals surface area (Å²) in [5, 5.41) is 37.5. The zero-order chi connectivity index (χ0) is 66.4. The molecule has 10 unspecified atom stereocenters. The van der Waals surface area contributed by atoms with Gasteiger partial charge in [-0.2, -0.15) is 4.58 Å². The fourth-order valence-corrected chi connectivity index (χ4v) is 16.2. The molecule has 0 aromatic heterocycles. The normalized spacial score (nSPS) is 25.7. The molecular formula is C84H91N2O10+. The molecule has 0 amide bonds. The Morgan fingerprint density at radius 1 is 0.573 bits per heavy atom. The summed E-state index contributed by atoms with van der Waals surface area (Å²) < 4.78 is 49.2. The van der Waals surface area contributed by atoms with Gasteiger partial charge in [-0.25, -0.2) is 0 Å². The Hall–Kier alpha value is -8.17. The summed E-state index contributed by atoms with van der Waals surface area (Å²) in [7, 11) is 4.37. The molecule has 3 saturated heterocycles. The van der Waals surface area contributed by atoms with Crippen LogP contribution in [-0.4, -0.2) is 82.4 Å². The largest absolute Gasteiger partial charge is 0.508 e. The number of phenolic OH excluding ortho intramolecular Hbond substituents is 2. The summed E-state index contributed by atoms with van der Waals surface area (Å²) in [6.07, 6.45) is 14.3. The van der Waals surface area contributed by atoms with E-state index in [0.29, 0.717) is 25.0 Å². The van der Waals surface area contributed by atoms with Crippen molar-refractivity contribution in [2.45, 2.75) is 185 Å². The van der Waals surface area contributed by atoms with Crippen molar-refractivity contribution in [3.63, 3.8) is 0 Å². The van der Waals surface area contributed by atoms with Crippen LogP contribution in [0.1, 0.15) is 170 Å². The van der Waals surface area contributed by atoms with Gasteiger partial charge in [-0.05, 0) is 184 Å². The zero-order valence-corrected chi connectivity index (χ0v) is 56.6. The van der Waals surface area contributed by atoms with E-state index >= 15 is 0 Å². The second-order valence-electron chi connectivity index (χ2n) is 28.3. The number of aliphatic hydroxyl groups is 1. The Balaban J connectivity index is 0.688. The smallest absolute Gasteiger partial charge is 0.210 e. The molecule has 12 heteroatoms. The number of phenols is 2. The van der Waals surface area contributed by atoms with Crippen molar-refractivity contribution in [1.82, 2.24) is 0 Å². The summed E-state index contributed by atoms with van der Waals surface area (Å²) in [4.78, 5) is 2.35. The van der Waals surface area contributed by atoms with E-state index in [1.54, 1.807) is 24.3 Å². The number of rotatable bonds is 19.